The molecule has 16 heavy (non-hydrogen) atoms. The molecule has 0 aliphatic heterocycles. The second kappa shape index (κ2) is 8.93. The molecule has 0 saturated carbocycles. The zero-order valence-corrected chi connectivity index (χ0v) is 11.1. The van der Waals surface area contributed by atoms with Gasteiger partial charge in [-0.2, -0.15) is 0 Å². The van der Waals surface area contributed by atoms with Crippen molar-refractivity contribution in [2.45, 2.75) is 40.7 Å². The third-order valence-corrected chi connectivity index (χ3v) is 2.46. The van der Waals surface area contributed by atoms with Gasteiger partial charge in [-0.25, -0.2) is 0 Å². The van der Waals surface area contributed by atoms with Gasteiger partial charge < -0.3 is 20.4 Å². The maximum absolute atomic E-state index is 9.49. The van der Waals surface area contributed by atoms with Gasteiger partial charge in [-0.05, 0) is 5.92 Å². The third kappa shape index (κ3) is 8.05. The molecule has 0 saturated heterocycles. The van der Waals surface area contributed by atoms with Gasteiger partial charge in [0.2, 0.25) is 0 Å². The highest BCUT2D eigenvalue weighted by molar-refractivity contribution is 4.78. The molecule has 0 aromatic heterocycles. The Labute approximate surface area is 98.9 Å². The van der Waals surface area contributed by atoms with E-state index in [2.05, 4.69) is 0 Å². The Bertz CT molecular complexity index is 153. The maximum Gasteiger partial charge on any atom is 0.0635 e. The first-order valence-corrected chi connectivity index (χ1v) is 5.73. The van der Waals surface area contributed by atoms with Gasteiger partial charge in [-0.1, -0.05) is 34.6 Å². The van der Waals surface area contributed by atoms with E-state index in [9.17, 15) is 5.11 Å². The van der Waals surface area contributed by atoms with Crippen molar-refractivity contribution in [2.24, 2.45) is 17.3 Å². The van der Waals surface area contributed by atoms with Crippen molar-refractivity contribution in [2.75, 3.05) is 19.8 Å². The number of aliphatic hydroxyl groups is 4. The normalized spacial score (nSPS) is 13.7. The SMILES string of the molecule is CC(C)C(O)C(C)(C)CO.CC(CO)CO. The van der Waals surface area contributed by atoms with E-state index < -0.39 is 6.10 Å². The van der Waals surface area contributed by atoms with E-state index >= 15 is 0 Å². The molecule has 0 radical (unpaired) electrons. The lowest BCUT2D eigenvalue weighted by molar-refractivity contribution is -0.0204. The lowest BCUT2D eigenvalue weighted by Crippen LogP contribution is -2.36. The Morgan fingerprint density at radius 1 is 0.938 bits per heavy atom. The molecule has 1 atom stereocenters. The van der Waals surface area contributed by atoms with Crippen molar-refractivity contribution in [1.29, 1.82) is 0 Å². The second-order valence-electron chi connectivity index (χ2n) is 5.31. The van der Waals surface area contributed by atoms with Crippen LogP contribution in [0, 0.1) is 17.3 Å². The van der Waals surface area contributed by atoms with Crippen molar-refractivity contribution in [3.05, 3.63) is 0 Å². The highest BCUT2D eigenvalue weighted by Crippen LogP contribution is 2.24. The Morgan fingerprint density at radius 2 is 1.31 bits per heavy atom. The summed E-state index contributed by atoms with van der Waals surface area (Å²) in [4.78, 5) is 0. The quantitative estimate of drug-likeness (QED) is 0.564. The molecule has 0 fully saturated rings. The zero-order chi connectivity index (χ0) is 13.4. The molecule has 4 nitrogen and oxygen atoms in total. The first kappa shape index (κ1) is 18.2. The monoisotopic (exact) mass is 236 g/mol. The molecule has 0 aliphatic carbocycles. The van der Waals surface area contributed by atoms with E-state index in [-0.39, 0.29) is 37.1 Å². The summed E-state index contributed by atoms with van der Waals surface area (Å²) < 4.78 is 0. The number of aliphatic hydroxyl groups excluding tert-OH is 4. The molecular formula is C12H28O4. The van der Waals surface area contributed by atoms with Gasteiger partial charge in [0.05, 0.1) is 12.7 Å². The first-order valence-electron chi connectivity index (χ1n) is 5.73. The van der Waals surface area contributed by atoms with Crippen LogP contribution in [0.25, 0.3) is 0 Å². The standard InChI is InChI=1S/C8H18O2.C4H10O2/c1-6(2)7(10)8(3,4)5-9;1-4(2-5)3-6/h6-7,9-10H,5H2,1-4H3;4-6H,2-3H2,1H3. The number of hydrogen-bond acceptors (Lipinski definition) is 4. The summed E-state index contributed by atoms with van der Waals surface area (Å²) in [7, 11) is 0. The predicted molar refractivity (Wildman–Crippen MR) is 65.0 cm³/mol. The third-order valence-electron chi connectivity index (χ3n) is 2.46. The van der Waals surface area contributed by atoms with Crippen molar-refractivity contribution >= 4 is 0 Å². The molecule has 4 N–H and O–H groups in total. The summed E-state index contributed by atoms with van der Waals surface area (Å²) in [5.74, 6) is 0.257. The lowest BCUT2D eigenvalue weighted by atomic mass is 9.82. The number of hydrogen-bond donors (Lipinski definition) is 4. The van der Waals surface area contributed by atoms with Crippen LogP contribution in [0.15, 0.2) is 0 Å². The van der Waals surface area contributed by atoms with Crippen molar-refractivity contribution in [1.82, 2.24) is 0 Å². The van der Waals surface area contributed by atoms with Crippen LogP contribution in [0.5, 0.6) is 0 Å². The molecule has 0 heterocycles. The van der Waals surface area contributed by atoms with E-state index in [1.165, 1.54) is 0 Å². The van der Waals surface area contributed by atoms with Crippen molar-refractivity contribution in [3.8, 4) is 0 Å². The van der Waals surface area contributed by atoms with Crippen molar-refractivity contribution in [3.63, 3.8) is 0 Å². The Morgan fingerprint density at radius 3 is 1.38 bits per heavy atom. The van der Waals surface area contributed by atoms with Gasteiger partial charge in [0.15, 0.2) is 0 Å². The second-order valence-corrected chi connectivity index (χ2v) is 5.31. The Hall–Kier alpha value is -0.160. The molecule has 0 aromatic rings. The molecule has 0 aromatic carbocycles. The van der Waals surface area contributed by atoms with Gasteiger partial charge in [-0.3, -0.25) is 0 Å². The average molecular weight is 236 g/mol. The maximum atomic E-state index is 9.49. The van der Waals surface area contributed by atoms with E-state index in [1.807, 2.05) is 27.7 Å². The molecule has 100 valence electrons. The van der Waals surface area contributed by atoms with Crippen LogP contribution >= 0.6 is 0 Å². The van der Waals surface area contributed by atoms with Gasteiger partial charge in [-0.15, -0.1) is 0 Å². The summed E-state index contributed by atoms with van der Waals surface area (Å²) in [6.45, 7) is 9.58. The Balaban J connectivity index is 0. The zero-order valence-electron chi connectivity index (χ0n) is 11.1. The molecule has 0 rings (SSSR count). The number of rotatable bonds is 5. The highest BCUT2D eigenvalue weighted by atomic mass is 16.3. The average Bonchev–Trinajstić information content (AvgIpc) is 2.27. The fraction of sp³-hybridized carbons (Fsp3) is 1.00. The summed E-state index contributed by atoms with van der Waals surface area (Å²) in [5, 5.41) is 34.7. The summed E-state index contributed by atoms with van der Waals surface area (Å²) in [6, 6.07) is 0. The van der Waals surface area contributed by atoms with E-state index in [0.717, 1.165) is 0 Å². The molecule has 1 unspecified atom stereocenters. The molecular weight excluding hydrogens is 208 g/mol. The highest BCUT2D eigenvalue weighted by Gasteiger charge is 2.28. The van der Waals surface area contributed by atoms with Gasteiger partial charge in [0.1, 0.15) is 0 Å². The van der Waals surface area contributed by atoms with Gasteiger partial charge in [0, 0.05) is 24.5 Å². The van der Waals surface area contributed by atoms with Gasteiger partial charge >= 0.3 is 0 Å². The Kier molecular flexibility index (Phi) is 10.2. The van der Waals surface area contributed by atoms with Crippen LogP contribution in [0.3, 0.4) is 0 Å². The first-order chi connectivity index (χ1) is 7.22. The fourth-order valence-corrected chi connectivity index (χ4v) is 1.05. The van der Waals surface area contributed by atoms with E-state index in [4.69, 9.17) is 15.3 Å². The van der Waals surface area contributed by atoms with Crippen LogP contribution in [-0.4, -0.2) is 46.4 Å². The molecule has 0 bridgehead atoms. The minimum atomic E-state index is -0.419. The van der Waals surface area contributed by atoms with Crippen LogP contribution in [0.4, 0.5) is 0 Å². The molecule has 0 aliphatic rings. The topological polar surface area (TPSA) is 80.9 Å². The smallest absolute Gasteiger partial charge is 0.0635 e. The summed E-state index contributed by atoms with van der Waals surface area (Å²) >= 11 is 0. The molecule has 0 amide bonds. The minimum absolute atomic E-state index is 0.0341. The van der Waals surface area contributed by atoms with E-state index in [1.54, 1.807) is 6.92 Å². The van der Waals surface area contributed by atoms with Crippen LogP contribution in [-0.2, 0) is 0 Å². The summed E-state index contributed by atoms with van der Waals surface area (Å²) in [6.07, 6.45) is -0.419. The molecule has 4 heteroatoms. The van der Waals surface area contributed by atoms with E-state index in [0.29, 0.717) is 0 Å². The summed E-state index contributed by atoms with van der Waals surface area (Å²) in [5.41, 5.74) is -0.367. The minimum Gasteiger partial charge on any atom is -0.396 e. The van der Waals surface area contributed by atoms with Gasteiger partial charge in [0.25, 0.3) is 0 Å². The largest absolute Gasteiger partial charge is 0.396 e. The van der Waals surface area contributed by atoms with Crippen LogP contribution in [0.1, 0.15) is 34.6 Å². The van der Waals surface area contributed by atoms with Crippen LogP contribution < -0.4 is 0 Å². The van der Waals surface area contributed by atoms with Crippen molar-refractivity contribution < 1.29 is 20.4 Å². The lowest BCUT2D eigenvalue weighted by Gasteiger charge is -2.30. The molecule has 0 spiro atoms. The fourth-order valence-electron chi connectivity index (χ4n) is 1.05. The predicted octanol–water partition coefficient (Wildman–Crippen LogP) is 0.629. The van der Waals surface area contributed by atoms with Crippen LogP contribution in [0.2, 0.25) is 0 Å².